The van der Waals surface area contributed by atoms with E-state index in [0.717, 1.165) is 18.7 Å². The van der Waals surface area contributed by atoms with Crippen molar-refractivity contribution in [3.8, 4) is 0 Å². The van der Waals surface area contributed by atoms with Crippen LogP contribution in [0.1, 0.15) is 11.6 Å². The predicted octanol–water partition coefficient (Wildman–Crippen LogP) is 1.65. The number of nitrogens with one attached hydrogen (secondary N) is 1. The minimum atomic E-state index is -0.170. The molecule has 0 bridgehead atoms. The van der Waals surface area contributed by atoms with Gasteiger partial charge in [-0.15, -0.1) is 0 Å². The van der Waals surface area contributed by atoms with E-state index < -0.39 is 0 Å². The molecule has 0 aliphatic carbocycles. The van der Waals surface area contributed by atoms with Crippen molar-refractivity contribution < 1.29 is 4.74 Å². The number of rotatable bonds is 3. The molecule has 3 N–H and O–H groups in total. The van der Waals surface area contributed by atoms with E-state index in [1.54, 1.807) is 0 Å². The molecule has 1 aliphatic rings. The van der Waals surface area contributed by atoms with Gasteiger partial charge in [0.15, 0.2) is 0 Å². The van der Waals surface area contributed by atoms with Crippen molar-refractivity contribution in [3.05, 3.63) is 34.9 Å². The van der Waals surface area contributed by atoms with E-state index in [1.807, 2.05) is 24.3 Å². The van der Waals surface area contributed by atoms with Crippen LogP contribution in [0.3, 0.4) is 0 Å². The lowest BCUT2D eigenvalue weighted by Crippen LogP contribution is -2.44. The number of nitrogens with zero attached hydrogens (tertiary/aromatic N) is 1. The summed E-state index contributed by atoms with van der Waals surface area (Å²) in [6, 6.07) is 7.32. The summed E-state index contributed by atoms with van der Waals surface area (Å²) in [5.41, 5.74) is 6.71. The molecule has 0 saturated carbocycles. The highest BCUT2D eigenvalue weighted by molar-refractivity contribution is 6.30. The lowest BCUT2D eigenvalue weighted by atomic mass is 10.0. The molecule has 4 nitrogen and oxygen atoms in total. The molecule has 0 unspecified atom stereocenters. The molecule has 1 heterocycles. The first kappa shape index (κ1) is 12.4. The zero-order valence-electron chi connectivity index (χ0n) is 9.53. The summed E-state index contributed by atoms with van der Waals surface area (Å²) in [6.07, 6.45) is 0. The number of nitrogens with two attached hydrogens (primary N) is 1. The fraction of sp³-hybridized carbons (Fsp3) is 0.417. The lowest BCUT2D eigenvalue weighted by Gasteiger charge is -2.33. The summed E-state index contributed by atoms with van der Waals surface area (Å²) in [6.45, 7) is 2.98. The molecule has 1 aromatic carbocycles. The second-order valence-corrected chi connectivity index (χ2v) is 4.49. The second-order valence-electron chi connectivity index (χ2n) is 4.06. The zero-order valence-corrected chi connectivity index (χ0v) is 10.3. The van der Waals surface area contributed by atoms with E-state index in [1.165, 1.54) is 0 Å². The Bertz CT molecular complexity index is 387. The summed E-state index contributed by atoms with van der Waals surface area (Å²) in [4.78, 5) is 2.16. The van der Waals surface area contributed by atoms with Crippen LogP contribution in [0.4, 0.5) is 0 Å². The van der Waals surface area contributed by atoms with Gasteiger partial charge in [-0.05, 0) is 17.7 Å². The van der Waals surface area contributed by atoms with Gasteiger partial charge in [0.1, 0.15) is 5.84 Å². The Morgan fingerprint density at radius 2 is 1.88 bits per heavy atom. The molecule has 0 aromatic heterocycles. The van der Waals surface area contributed by atoms with Gasteiger partial charge in [-0.2, -0.15) is 0 Å². The molecule has 92 valence electrons. The highest BCUT2D eigenvalue weighted by Gasteiger charge is 2.24. The van der Waals surface area contributed by atoms with Crippen molar-refractivity contribution in [2.75, 3.05) is 26.3 Å². The molecule has 1 saturated heterocycles. The number of ether oxygens (including phenoxy) is 1. The lowest BCUT2D eigenvalue weighted by molar-refractivity contribution is 0.0284. The first-order valence-corrected chi connectivity index (χ1v) is 5.97. The van der Waals surface area contributed by atoms with Crippen LogP contribution in [0.5, 0.6) is 0 Å². The highest BCUT2D eigenvalue weighted by Crippen LogP contribution is 2.23. The Morgan fingerprint density at radius 1 is 1.29 bits per heavy atom. The number of benzene rings is 1. The first-order valence-electron chi connectivity index (χ1n) is 5.59. The van der Waals surface area contributed by atoms with Crippen LogP contribution in [-0.2, 0) is 4.74 Å². The Hall–Kier alpha value is -1.10. The summed E-state index contributed by atoms with van der Waals surface area (Å²) in [7, 11) is 0. The average Bonchev–Trinajstić information content (AvgIpc) is 2.33. The number of hydrogen-bond donors (Lipinski definition) is 2. The molecule has 1 atom stereocenters. The van der Waals surface area contributed by atoms with Crippen molar-refractivity contribution in [3.63, 3.8) is 0 Å². The molecule has 0 radical (unpaired) electrons. The molecule has 1 aromatic rings. The van der Waals surface area contributed by atoms with Crippen molar-refractivity contribution in [2.24, 2.45) is 5.73 Å². The fourth-order valence-electron chi connectivity index (χ4n) is 2.07. The van der Waals surface area contributed by atoms with E-state index in [9.17, 15) is 0 Å². The largest absolute Gasteiger partial charge is 0.386 e. The van der Waals surface area contributed by atoms with Gasteiger partial charge in [0.2, 0.25) is 0 Å². The second kappa shape index (κ2) is 5.49. The van der Waals surface area contributed by atoms with Crippen molar-refractivity contribution in [2.45, 2.75) is 6.04 Å². The predicted molar refractivity (Wildman–Crippen MR) is 68.5 cm³/mol. The van der Waals surface area contributed by atoms with Gasteiger partial charge in [-0.25, -0.2) is 0 Å². The van der Waals surface area contributed by atoms with Gasteiger partial charge in [0, 0.05) is 18.1 Å². The molecule has 1 aliphatic heterocycles. The summed E-state index contributed by atoms with van der Waals surface area (Å²) in [5, 5.41) is 8.43. The maximum absolute atomic E-state index is 7.74. The molecule has 1 fully saturated rings. The summed E-state index contributed by atoms with van der Waals surface area (Å²) >= 11 is 5.86. The van der Waals surface area contributed by atoms with Gasteiger partial charge >= 0.3 is 0 Å². The van der Waals surface area contributed by atoms with Crippen molar-refractivity contribution in [1.29, 1.82) is 5.41 Å². The minimum absolute atomic E-state index is 0.161. The van der Waals surface area contributed by atoms with Crippen LogP contribution in [0, 0.1) is 5.41 Å². The Labute approximate surface area is 106 Å². The third-order valence-electron chi connectivity index (χ3n) is 2.89. The molecular formula is C12H16ClN3O. The smallest absolute Gasteiger partial charge is 0.113 e. The topological polar surface area (TPSA) is 62.3 Å². The highest BCUT2D eigenvalue weighted by atomic mass is 35.5. The maximum Gasteiger partial charge on any atom is 0.113 e. The molecule has 0 amide bonds. The van der Waals surface area contributed by atoms with E-state index in [2.05, 4.69) is 4.90 Å². The van der Waals surface area contributed by atoms with Crippen LogP contribution in [-0.4, -0.2) is 37.0 Å². The summed E-state index contributed by atoms with van der Waals surface area (Å²) < 4.78 is 5.31. The Morgan fingerprint density at radius 3 is 2.41 bits per heavy atom. The van der Waals surface area contributed by atoms with E-state index >= 15 is 0 Å². The monoisotopic (exact) mass is 253 g/mol. The first-order chi connectivity index (χ1) is 8.18. The van der Waals surface area contributed by atoms with Gasteiger partial charge in [-0.3, -0.25) is 10.3 Å². The zero-order chi connectivity index (χ0) is 12.3. The minimum Gasteiger partial charge on any atom is -0.386 e. The SMILES string of the molecule is N=C(N)[C@@H](c1ccc(Cl)cc1)N1CCOCC1. The Balaban J connectivity index is 2.21. The van der Waals surface area contributed by atoms with Crippen LogP contribution in [0.25, 0.3) is 0 Å². The number of hydrogen-bond acceptors (Lipinski definition) is 3. The molecular weight excluding hydrogens is 238 g/mol. The average molecular weight is 254 g/mol. The standard InChI is InChI=1S/C12H16ClN3O/c13-10-3-1-9(2-4-10)11(12(14)15)16-5-7-17-8-6-16/h1-4,11H,5-8H2,(H3,14,15)/t11-/m1/s1. The third-order valence-corrected chi connectivity index (χ3v) is 3.14. The molecule has 2 rings (SSSR count). The number of morpholine rings is 1. The molecule has 17 heavy (non-hydrogen) atoms. The van der Waals surface area contributed by atoms with Gasteiger partial charge < -0.3 is 10.5 Å². The van der Waals surface area contributed by atoms with Crippen LogP contribution in [0.2, 0.25) is 5.02 Å². The van der Waals surface area contributed by atoms with E-state index in [4.69, 9.17) is 27.5 Å². The summed E-state index contributed by atoms with van der Waals surface area (Å²) in [5.74, 6) is 0.161. The quantitative estimate of drug-likeness (QED) is 0.636. The van der Waals surface area contributed by atoms with Crippen LogP contribution in [0.15, 0.2) is 24.3 Å². The normalized spacial score (nSPS) is 18.9. The van der Waals surface area contributed by atoms with Gasteiger partial charge in [-0.1, -0.05) is 23.7 Å². The van der Waals surface area contributed by atoms with Gasteiger partial charge in [0.05, 0.1) is 19.3 Å². The van der Waals surface area contributed by atoms with Crippen LogP contribution < -0.4 is 5.73 Å². The van der Waals surface area contributed by atoms with Crippen molar-refractivity contribution in [1.82, 2.24) is 4.90 Å². The Kier molecular flexibility index (Phi) is 3.99. The number of amidine groups is 1. The molecule has 5 heteroatoms. The maximum atomic E-state index is 7.74. The third kappa shape index (κ3) is 2.97. The number of halogens is 1. The van der Waals surface area contributed by atoms with Gasteiger partial charge in [0.25, 0.3) is 0 Å². The van der Waals surface area contributed by atoms with Crippen LogP contribution >= 0.6 is 11.6 Å². The fourth-order valence-corrected chi connectivity index (χ4v) is 2.19. The van der Waals surface area contributed by atoms with E-state index in [-0.39, 0.29) is 11.9 Å². The van der Waals surface area contributed by atoms with E-state index in [0.29, 0.717) is 18.2 Å². The molecule has 0 spiro atoms. The van der Waals surface area contributed by atoms with Crippen molar-refractivity contribution >= 4 is 17.4 Å².